The van der Waals surface area contributed by atoms with Crippen molar-refractivity contribution in [1.29, 1.82) is 0 Å². The van der Waals surface area contributed by atoms with E-state index in [-0.39, 0.29) is 5.91 Å². The van der Waals surface area contributed by atoms with Gasteiger partial charge in [-0.25, -0.2) is 0 Å². The lowest BCUT2D eigenvalue weighted by Gasteiger charge is -2.20. The van der Waals surface area contributed by atoms with Crippen molar-refractivity contribution in [3.63, 3.8) is 0 Å². The van der Waals surface area contributed by atoms with Crippen LogP contribution in [0.15, 0.2) is 48.5 Å². The third-order valence-electron chi connectivity index (χ3n) is 3.90. The number of carbonyl (C=O) groups is 1. The molecule has 5 nitrogen and oxygen atoms in total. The first-order valence-corrected chi connectivity index (χ1v) is 9.03. The number of amides is 1. The Hall–Kier alpha value is -2.24. The molecule has 0 heterocycles. The zero-order chi connectivity index (χ0) is 18.8. The topological polar surface area (TPSA) is 50.8 Å². The van der Waals surface area contributed by atoms with E-state index in [1.54, 1.807) is 19.2 Å². The van der Waals surface area contributed by atoms with Crippen LogP contribution in [0.25, 0.3) is 0 Å². The molecule has 2 rings (SSSR count). The maximum atomic E-state index is 12.3. The number of ether oxygens (including phenoxy) is 2. The molecule has 0 radical (unpaired) electrons. The highest BCUT2D eigenvalue weighted by atomic mass is 35.5. The van der Waals surface area contributed by atoms with Gasteiger partial charge in [-0.2, -0.15) is 0 Å². The van der Waals surface area contributed by atoms with Crippen molar-refractivity contribution in [3.05, 3.63) is 53.6 Å². The van der Waals surface area contributed by atoms with Crippen molar-refractivity contribution in [2.75, 3.05) is 38.7 Å². The third kappa shape index (κ3) is 6.58. The highest BCUT2D eigenvalue weighted by molar-refractivity contribution is 6.30. The lowest BCUT2D eigenvalue weighted by molar-refractivity contribution is -0.117. The molecule has 6 heteroatoms. The van der Waals surface area contributed by atoms with E-state index in [9.17, 15) is 4.79 Å². The van der Waals surface area contributed by atoms with Crippen LogP contribution in [0.1, 0.15) is 13.3 Å². The SMILES string of the molecule is CCN(CCCOc1ccc(Cl)cc1)CC(=O)Nc1ccccc1OC. The van der Waals surface area contributed by atoms with E-state index >= 15 is 0 Å². The number of anilines is 1. The summed E-state index contributed by atoms with van der Waals surface area (Å²) in [5.74, 6) is 1.39. The number of para-hydroxylation sites is 2. The normalized spacial score (nSPS) is 10.6. The summed E-state index contributed by atoms with van der Waals surface area (Å²) >= 11 is 5.85. The van der Waals surface area contributed by atoms with Crippen LogP contribution in [0.5, 0.6) is 11.5 Å². The molecular formula is C20H25ClN2O3. The van der Waals surface area contributed by atoms with Crippen LogP contribution >= 0.6 is 11.6 Å². The molecule has 0 aliphatic rings. The third-order valence-corrected chi connectivity index (χ3v) is 4.15. The van der Waals surface area contributed by atoms with Gasteiger partial charge in [0.15, 0.2) is 0 Å². The summed E-state index contributed by atoms with van der Waals surface area (Å²) < 4.78 is 10.9. The molecule has 0 atom stereocenters. The van der Waals surface area contributed by atoms with E-state index in [1.165, 1.54) is 0 Å². The molecule has 2 aromatic carbocycles. The molecule has 140 valence electrons. The summed E-state index contributed by atoms with van der Waals surface area (Å²) in [4.78, 5) is 14.4. The van der Waals surface area contributed by atoms with E-state index in [0.717, 1.165) is 25.3 Å². The minimum Gasteiger partial charge on any atom is -0.495 e. The van der Waals surface area contributed by atoms with E-state index in [2.05, 4.69) is 10.2 Å². The van der Waals surface area contributed by atoms with Gasteiger partial charge in [0, 0.05) is 11.6 Å². The molecule has 0 fully saturated rings. The number of nitrogens with zero attached hydrogens (tertiary/aromatic N) is 1. The van der Waals surface area contributed by atoms with E-state index in [1.807, 2.05) is 43.3 Å². The van der Waals surface area contributed by atoms with Gasteiger partial charge in [0.25, 0.3) is 0 Å². The Morgan fingerprint density at radius 2 is 1.88 bits per heavy atom. The number of likely N-dealkylation sites (N-methyl/N-ethyl adjacent to an activating group) is 1. The highest BCUT2D eigenvalue weighted by Crippen LogP contribution is 2.22. The summed E-state index contributed by atoms with van der Waals surface area (Å²) in [6.07, 6.45) is 0.832. The van der Waals surface area contributed by atoms with Gasteiger partial charge in [0.1, 0.15) is 11.5 Å². The van der Waals surface area contributed by atoms with Crippen molar-refractivity contribution in [1.82, 2.24) is 4.90 Å². The minimum absolute atomic E-state index is 0.0602. The second kappa shape index (κ2) is 10.7. The first-order chi connectivity index (χ1) is 12.6. The number of hydrogen-bond donors (Lipinski definition) is 1. The smallest absolute Gasteiger partial charge is 0.238 e. The lowest BCUT2D eigenvalue weighted by atomic mass is 10.3. The van der Waals surface area contributed by atoms with Gasteiger partial charge in [0.05, 0.1) is 25.9 Å². The van der Waals surface area contributed by atoms with E-state index < -0.39 is 0 Å². The Kier molecular flexibility index (Phi) is 8.25. The fourth-order valence-electron chi connectivity index (χ4n) is 2.50. The maximum Gasteiger partial charge on any atom is 0.238 e. The number of hydrogen-bond acceptors (Lipinski definition) is 4. The first kappa shape index (κ1) is 20.1. The monoisotopic (exact) mass is 376 g/mol. The molecular weight excluding hydrogens is 352 g/mol. The average Bonchev–Trinajstić information content (AvgIpc) is 2.66. The quantitative estimate of drug-likeness (QED) is 0.635. The van der Waals surface area contributed by atoms with Crippen molar-refractivity contribution in [3.8, 4) is 11.5 Å². The van der Waals surface area contributed by atoms with Crippen LogP contribution in [0.2, 0.25) is 5.02 Å². The molecule has 2 aromatic rings. The standard InChI is InChI=1S/C20H25ClN2O3/c1-3-23(13-6-14-26-17-11-9-16(21)10-12-17)15-20(24)22-18-7-4-5-8-19(18)25-2/h4-5,7-12H,3,6,13-15H2,1-2H3,(H,22,24). The summed E-state index contributed by atoms with van der Waals surface area (Å²) in [6.45, 7) is 4.53. The van der Waals surface area contributed by atoms with Crippen molar-refractivity contribution >= 4 is 23.2 Å². The molecule has 26 heavy (non-hydrogen) atoms. The number of rotatable bonds is 10. The van der Waals surface area contributed by atoms with Gasteiger partial charge in [-0.1, -0.05) is 30.7 Å². The second-order valence-corrected chi connectivity index (χ2v) is 6.21. The molecule has 0 spiro atoms. The van der Waals surface area contributed by atoms with Crippen LogP contribution in [-0.4, -0.2) is 44.2 Å². The molecule has 1 N–H and O–H groups in total. The summed E-state index contributed by atoms with van der Waals surface area (Å²) in [5.41, 5.74) is 0.683. The number of methoxy groups -OCH3 is 1. The zero-order valence-corrected chi connectivity index (χ0v) is 16.0. The van der Waals surface area contributed by atoms with Crippen molar-refractivity contribution in [2.24, 2.45) is 0 Å². The van der Waals surface area contributed by atoms with Crippen LogP contribution in [-0.2, 0) is 4.79 Å². The lowest BCUT2D eigenvalue weighted by Crippen LogP contribution is -2.34. The number of benzene rings is 2. The van der Waals surface area contributed by atoms with E-state index in [0.29, 0.717) is 29.6 Å². The van der Waals surface area contributed by atoms with Crippen molar-refractivity contribution in [2.45, 2.75) is 13.3 Å². The number of halogens is 1. The molecule has 0 aromatic heterocycles. The Balaban J connectivity index is 1.74. The number of nitrogens with one attached hydrogen (secondary N) is 1. The Morgan fingerprint density at radius 1 is 1.15 bits per heavy atom. The predicted molar refractivity (Wildman–Crippen MR) is 105 cm³/mol. The summed E-state index contributed by atoms with van der Waals surface area (Å²) in [5, 5.41) is 3.59. The fraction of sp³-hybridized carbons (Fsp3) is 0.350. The van der Waals surface area contributed by atoms with Gasteiger partial charge in [0.2, 0.25) is 5.91 Å². The van der Waals surface area contributed by atoms with Crippen molar-refractivity contribution < 1.29 is 14.3 Å². The molecule has 0 aliphatic carbocycles. The van der Waals surface area contributed by atoms with Gasteiger partial charge in [-0.05, 0) is 49.4 Å². The largest absolute Gasteiger partial charge is 0.495 e. The Morgan fingerprint density at radius 3 is 2.58 bits per heavy atom. The van der Waals surface area contributed by atoms with Gasteiger partial charge in [-0.3, -0.25) is 9.69 Å². The fourth-order valence-corrected chi connectivity index (χ4v) is 2.62. The van der Waals surface area contributed by atoms with Crippen LogP contribution < -0.4 is 14.8 Å². The Labute approximate surface area is 159 Å². The number of carbonyl (C=O) groups excluding carboxylic acids is 1. The van der Waals surface area contributed by atoms with Crippen LogP contribution in [0.4, 0.5) is 5.69 Å². The Bertz CT molecular complexity index is 692. The molecule has 0 saturated carbocycles. The molecule has 0 saturated heterocycles. The first-order valence-electron chi connectivity index (χ1n) is 8.66. The predicted octanol–water partition coefficient (Wildman–Crippen LogP) is 4.08. The molecule has 0 unspecified atom stereocenters. The van der Waals surface area contributed by atoms with Crippen LogP contribution in [0, 0.1) is 0 Å². The van der Waals surface area contributed by atoms with Crippen LogP contribution in [0.3, 0.4) is 0 Å². The second-order valence-electron chi connectivity index (χ2n) is 5.77. The molecule has 0 bridgehead atoms. The van der Waals surface area contributed by atoms with Gasteiger partial charge >= 0.3 is 0 Å². The summed E-state index contributed by atoms with van der Waals surface area (Å²) in [6, 6.07) is 14.7. The van der Waals surface area contributed by atoms with Gasteiger partial charge in [-0.15, -0.1) is 0 Å². The maximum absolute atomic E-state index is 12.3. The van der Waals surface area contributed by atoms with Gasteiger partial charge < -0.3 is 14.8 Å². The highest BCUT2D eigenvalue weighted by Gasteiger charge is 2.11. The minimum atomic E-state index is -0.0602. The molecule has 1 amide bonds. The summed E-state index contributed by atoms with van der Waals surface area (Å²) in [7, 11) is 1.59. The molecule has 0 aliphatic heterocycles. The average molecular weight is 377 g/mol. The zero-order valence-electron chi connectivity index (χ0n) is 15.2. The van der Waals surface area contributed by atoms with E-state index in [4.69, 9.17) is 21.1 Å².